The lowest BCUT2D eigenvalue weighted by Gasteiger charge is -2.24. The molecule has 23 heavy (non-hydrogen) atoms. The van der Waals surface area contributed by atoms with Crippen molar-refractivity contribution in [1.29, 1.82) is 0 Å². The fourth-order valence-electron chi connectivity index (χ4n) is 2.44. The van der Waals surface area contributed by atoms with E-state index in [-0.39, 0.29) is 22.5 Å². The second kappa shape index (κ2) is 8.14. The second-order valence-corrected chi connectivity index (χ2v) is 6.73. The van der Waals surface area contributed by atoms with Gasteiger partial charge in [0.2, 0.25) is 0 Å². The molecule has 1 aromatic carbocycles. The summed E-state index contributed by atoms with van der Waals surface area (Å²) in [5, 5.41) is 3.27. The molecule has 0 spiro atoms. The van der Waals surface area contributed by atoms with Gasteiger partial charge in [-0.25, -0.2) is 10.2 Å². The maximum absolute atomic E-state index is 14.8. The minimum absolute atomic E-state index is 0.104. The maximum atomic E-state index is 14.8. The third-order valence-electron chi connectivity index (χ3n) is 3.56. The number of thiocarbonyl (C=S) groups is 1. The number of nitrogens with two attached hydrogens (primary N) is 1. The number of rotatable bonds is 4. The van der Waals surface area contributed by atoms with Crippen LogP contribution in [0.25, 0.3) is 0 Å². The van der Waals surface area contributed by atoms with E-state index < -0.39 is 5.82 Å². The summed E-state index contributed by atoms with van der Waals surface area (Å²) in [4.78, 5) is 12.1. The molecule has 4 N–H and O–H groups in total. The number of anilines is 1. The first-order valence-electron chi connectivity index (χ1n) is 6.99. The van der Waals surface area contributed by atoms with Gasteiger partial charge in [-0.15, -0.1) is 11.8 Å². The average molecular weight is 378 g/mol. The van der Waals surface area contributed by atoms with Crippen LogP contribution in [0, 0.1) is 5.82 Å². The van der Waals surface area contributed by atoms with Crippen LogP contribution in [0.5, 0.6) is 0 Å². The zero-order valence-corrected chi connectivity index (χ0v) is 14.9. The number of carbonyl (C=O) groups is 1. The molecule has 5 nitrogen and oxygen atoms in total. The maximum Gasteiger partial charge on any atom is 0.315 e. The number of carbonyl (C=O) groups excluding carboxylic acids is 1. The smallest absolute Gasteiger partial charge is 0.315 e. The molecule has 0 unspecified atom stereocenters. The van der Waals surface area contributed by atoms with E-state index in [0.717, 1.165) is 12.8 Å². The highest BCUT2D eigenvalue weighted by molar-refractivity contribution is 8.00. The summed E-state index contributed by atoms with van der Waals surface area (Å²) in [5.41, 5.74) is 3.70. The Bertz CT molecular complexity index is 643. The molecule has 3 rings (SSSR count). The highest BCUT2D eigenvalue weighted by Crippen LogP contribution is 2.43. The van der Waals surface area contributed by atoms with E-state index in [1.165, 1.54) is 18.9 Å². The number of hydrogen-bond donors (Lipinski definition) is 3. The van der Waals surface area contributed by atoms with Crippen LogP contribution >= 0.6 is 35.6 Å². The van der Waals surface area contributed by atoms with Crippen LogP contribution in [-0.2, 0) is 22.4 Å². The molecular formula is C14H17ClFN3O2S2. The summed E-state index contributed by atoms with van der Waals surface area (Å²) in [7, 11) is 1.32. The molecule has 0 amide bonds. The van der Waals surface area contributed by atoms with Crippen molar-refractivity contribution in [2.75, 3.05) is 18.2 Å². The molecule has 0 fully saturated rings. The highest BCUT2D eigenvalue weighted by Gasteiger charge is 2.26. The van der Waals surface area contributed by atoms with Gasteiger partial charge in [0.05, 0.1) is 23.6 Å². The first-order valence-corrected chi connectivity index (χ1v) is 8.76. The van der Waals surface area contributed by atoms with E-state index in [2.05, 4.69) is 15.5 Å². The monoisotopic (exact) mass is 377 g/mol. The number of hydrazine groups is 1. The molecule has 0 saturated carbocycles. The Balaban J connectivity index is 2.50. The molecule has 0 aliphatic heterocycles. The Hall–Kier alpha value is -1.09. The van der Waals surface area contributed by atoms with E-state index in [1.54, 1.807) is 0 Å². The Morgan fingerprint density at radius 3 is 2.70 bits per heavy atom. The first-order chi connectivity index (χ1) is 11.0. The fraction of sp³-hybridized carbons (Fsp3) is 0.429. The standard InChI is InChI=1S/C14H17ClFN3O2S2/c1-21-9(20)6-23-13-8-5-3-2-4-7(10(13)15)11(16)12(8)18-14(22)19-17/h2-6,17H2,1H3,(H2,18,19,22). The van der Waals surface area contributed by atoms with E-state index in [9.17, 15) is 9.18 Å². The van der Waals surface area contributed by atoms with Gasteiger partial charge in [0.1, 0.15) is 0 Å². The third-order valence-corrected chi connectivity index (χ3v) is 5.43. The molecule has 9 heteroatoms. The van der Waals surface area contributed by atoms with E-state index in [1.807, 2.05) is 0 Å². The summed E-state index contributed by atoms with van der Waals surface area (Å²) in [5.74, 6) is 4.59. The predicted molar refractivity (Wildman–Crippen MR) is 94.3 cm³/mol. The second-order valence-electron chi connectivity index (χ2n) is 4.96. The minimum Gasteiger partial charge on any atom is -0.468 e. The lowest BCUT2D eigenvalue weighted by atomic mass is 9.94. The van der Waals surface area contributed by atoms with Crippen LogP contribution in [0.15, 0.2) is 4.90 Å². The fourth-order valence-corrected chi connectivity index (χ4v) is 4.01. The predicted octanol–water partition coefficient (Wildman–Crippen LogP) is 2.78. The van der Waals surface area contributed by atoms with Crippen molar-refractivity contribution in [3.8, 4) is 0 Å². The molecule has 2 aliphatic rings. The molecule has 1 aromatic rings. The van der Waals surface area contributed by atoms with Gasteiger partial charge in [-0.2, -0.15) is 0 Å². The topological polar surface area (TPSA) is 76.4 Å². The minimum atomic E-state index is -0.412. The highest BCUT2D eigenvalue weighted by atomic mass is 35.5. The van der Waals surface area contributed by atoms with Gasteiger partial charge in [-0.1, -0.05) is 11.6 Å². The molecule has 0 aromatic heterocycles. The normalized spacial score (nSPS) is 13.2. The lowest BCUT2D eigenvalue weighted by molar-refractivity contribution is -0.137. The number of hydrogen-bond acceptors (Lipinski definition) is 5. The van der Waals surface area contributed by atoms with Crippen molar-refractivity contribution in [2.24, 2.45) is 5.84 Å². The number of nitrogens with one attached hydrogen (secondary N) is 2. The molecule has 0 saturated heterocycles. The summed E-state index contributed by atoms with van der Waals surface area (Å²) in [6.45, 7) is 0. The first kappa shape index (κ1) is 18.3. The number of halogens is 2. The van der Waals surface area contributed by atoms with Gasteiger partial charge in [0.25, 0.3) is 0 Å². The van der Waals surface area contributed by atoms with Gasteiger partial charge >= 0.3 is 5.97 Å². The quantitative estimate of drug-likeness (QED) is 0.245. The van der Waals surface area contributed by atoms with Crippen molar-refractivity contribution in [3.05, 3.63) is 22.0 Å². The van der Waals surface area contributed by atoms with Crippen LogP contribution in [0.2, 0.25) is 5.02 Å². The van der Waals surface area contributed by atoms with Crippen LogP contribution in [0.4, 0.5) is 10.1 Å². The van der Waals surface area contributed by atoms with Gasteiger partial charge in [-0.05, 0) is 43.5 Å². The lowest BCUT2D eigenvalue weighted by Crippen LogP contribution is -2.35. The molecule has 0 heterocycles. The van der Waals surface area contributed by atoms with Crippen molar-refractivity contribution >= 4 is 52.3 Å². The van der Waals surface area contributed by atoms with Crippen molar-refractivity contribution < 1.29 is 13.9 Å². The molecule has 126 valence electrons. The van der Waals surface area contributed by atoms with Crippen molar-refractivity contribution in [3.63, 3.8) is 0 Å². The van der Waals surface area contributed by atoms with Gasteiger partial charge in [-0.3, -0.25) is 4.79 Å². The van der Waals surface area contributed by atoms with E-state index in [4.69, 9.17) is 29.7 Å². The van der Waals surface area contributed by atoms with Crippen LogP contribution in [0.3, 0.4) is 0 Å². The Kier molecular flexibility index (Phi) is 6.46. The number of thioether (sulfide) groups is 1. The number of ether oxygens (including phenoxy) is 1. The summed E-state index contributed by atoms with van der Waals surface area (Å²) < 4.78 is 19.4. The van der Waals surface area contributed by atoms with Crippen LogP contribution in [0.1, 0.15) is 24.0 Å². The van der Waals surface area contributed by atoms with Gasteiger partial charge < -0.3 is 15.5 Å². The van der Waals surface area contributed by atoms with Crippen molar-refractivity contribution in [2.45, 2.75) is 30.6 Å². The summed E-state index contributed by atoms with van der Waals surface area (Å²) in [6, 6.07) is 0. The van der Waals surface area contributed by atoms with Crippen LogP contribution in [-0.4, -0.2) is 23.9 Å². The number of esters is 1. The zero-order valence-electron chi connectivity index (χ0n) is 12.5. The van der Waals surface area contributed by atoms with Gasteiger partial charge in [0, 0.05) is 10.5 Å². The SMILES string of the molecule is COC(=O)CSc1c(Cl)c2c(F)c(NC(=S)NN)c1CCCC2. The Morgan fingerprint density at radius 2 is 2.09 bits per heavy atom. The van der Waals surface area contributed by atoms with Gasteiger partial charge in [0.15, 0.2) is 10.9 Å². The number of benzene rings is 1. The van der Waals surface area contributed by atoms with E-state index >= 15 is 0 Å². The van der Waals surface area contributed by atoms with Crippen molar-refractivity contribution in [1.82, 2.24) is 5.43 Å². The number of fused-ring (bicyclic) bond motifs is 5. The number of methoxy groups -OCH3 is 1. The average Bonchev–Trinajstić information content (AvgIpc) is 2.53. The molecule has 0 radical (unpaired) electrons. The third kappa shape index (κ3) is 4.06. The largest absolute Gasteiger partial charge is 0.468 e. The molecule has 2 aliphatic carbocycles. The summed E-state index contributed by atoms with van der Waals surface area (Å²) >= 11 is 12.6. The summed E-state index contributed by atoms with van der Waals surface area (Å²) in [6.07, 6.45) is 2.92. The zero-order chi connectivity index (χ0) is 17.0. The van der Waals surface area contributed by atoms with E-state index in [0.29, 0.717) is 33.9 Å². The van der Waals surface area contributed by atoms with Crippen LogP contribution < -0.4 is 16.6 Å². The Morgan fingerprint density at radius 1 is 1.43 bits per heavy atom. The molecular weight excluding hydrogens is 361 g/mol. The Labute approximate surface area is 148 Å². The molecule has 0 atom stereocenters. The molecule has 2 bridgehead atoms.